The standard InChI is InChI=1S/C17H15N3O2S/c1-9-4-5-11(6-10(9)2)20-14-15(21)12-7-18-8-19-13(12)16(22)17(14)23-3/h4-8,20H,1-3H3. The summed E-state index contributed by atoms with van der Waals surface area (Å²) in [6, 6.07) is 5.82. The zero-order valence-electron chi connectivity index (χ0n) is 13.0. The monoisotopic (exact) mass is 325 g/mol. The lowest BCUT2D eigenvalue weighted by molar-refractivity contribution is 0.0978. The Bertz CT molecular complexity index is 859. The number of aromatic nitrogens is 2. The van der Waals surface area contributed by atoms with E-state index in [-0.39, 0.29) is 28.5 Å². The first-order valence-corrected chi connectivity index (χ1v) is 8.27. The molecule has 6 heteroatoms. The van der Waals surface area contributed by atoms with Crippen molar-refractivity contribution in [2.75, 3.05) is 11.6 Å². The molecule has 0 aliphatic heterocycles. The summed E-state index contributed by atoms with van der Waals surface area (Å²) >= 11 is 1.24. The van der Waals surface area contributed by atoms with Crippen LogP contribution in [0.5, 0.6) is 0 Å². The Labute approximate surface area is 138 Å². The zero-order chi connectivity index (χ0) is 16.6. The van der Waals surface area contributed by atoms with E-state index >= 15 is 0 Å². The summed E-state index contributed by atoms with van der Waals surface area (Å²) in [5, 5.41) is 3.10. The third kappa shape index (κ3) is 2.66. The van der Waals surface area contributed by atoms with Crippen molar-refractivity contribution in [1.82, 2.24) is 9.97 Å². The number of carbonyl (C=O) groups is 2. The number of benzene rings is 1. The van der Waals surface area contributed by atoms with Crippen molar-refractivity contribution < 1.29 is 9.59 Å². The minimum absolute atomic E-state index is 0.167. The van der Waals surface area contributed by atoms with Crippen LogP contribution in [0.2, 0.25) is 0 Å². The first-order chi connectivity index (χ1) is 11.0. The average molecular weight is 325 g/mol. The van der Waals surface area contributed by atoms with E-state index in [1.54, 1.807) is 6.26 Å². The number of aryl methyl sites for hydroxylation is 2. The first-order valence-electron chi connectivity index (χ1n) is 7.05. The second-order valence-electron chi connectivity index (χ2n) is 5.28. The molecule has 0 saturated carbocycles. The minimum atomic E-state index is -0.261. The van der Waals surface area contributed by atoms with Crippen LogP contribution in [-0.2, 0) is 0 Å². The van der Waals surface area contributed by atoms with Gasteiger partial charge in [0.05, 0.1) is 10.5 Å². The summed E-state index contributed by atoms with van der Waals surface area (Å²) in [7, 11) is 0. The molecule has 3 rings (SSSR count). The molecule has 116 valence electrons. The molecule has 5 nitrogen and oxygen atoms in total. The number of hydrogen-bond donors (Lipinski definition) is 1. The highest BCUT2D eigenvalue weighted by molar-refractivity contribution is 8.03. The Hall–Kier alpha value is -2.47. The van der Waals surface area contributed by atoms with Crippen LogP contribution in [0.25, 0.3) is 0 Å². The molecule has 0 amide bonds. The molecule has 1 aliphatic carbocycles. The van der Waals surface area contributed by atoms with E-state index in [1.165, 1.54) is 29.8 Å². The second kappa shape index (κ2) is 5.96. The number of nitrogens with zero attached hydrogens (tertiary/aromatic N) is 2. The van der Waals surface area contributed by atoms with Gasteiger partial charge in [0.2, 0.25) is 11.6 Å². The fourth-order valence-electron chi connectivity index (χ4n) is 2.41. The van der Waals surface area contributed by atoms with Gasteiger partial charge in [-0.05, 0) is 43.4 Å². The SMILES string of the molecule is CSC1=C(Nc2ccc(C)c(C)c2)C(=O)c2cncnc2C1=O. The molecule has 1 heterocycles. The number of ketones is 2. The van der Waals surface area contributed by atoms with Gasteiger partial charge in [-0.2, -0.15) is 0 Å². The number of fused-ring (bicyclic) bond motifs is 1. The lowest BCUT2D eigenvalue weighted by Gasteiger charge is -2.20. The lowest BCUT2D eigenvalue weighted by Crippen LogP contribution is -2.26. The number of nitrogens with one attached hydrogen (secondary N) is 1. The van der Waals surface area contributed by atoms with E-state index in [2.05, 4.69) is 15.3 Å². The van der Waals surface area contributed by atoms with Crippen LogP contribution in [0.1, 0.15) is 32.0 Å². The van der Waals surface area contributed by atoms with Gasteiger partial charge in [-0.1, -0.05) is 6.07 Å². The van der Waals surface area contributed by atoms with Crippen LogP contribution >= 0.6 is 11.8 Å². The molecule has 1 aliphatic rings. The van der Waals surface area contributed by atoms with Crippen molar-refractivity contribution >= 4 is 29.0 Å². The zero-order valence-corrected chi connectivity index (χ0v) is 13.8. The Morgan fingerprint density at radius 1 is 1.09 bits per heavy atom. The molecular weight excluding hydrogens is 310 g/mol. The maximum absolute atomic E-state index is 12.7. The molecule has 0 atom stereocenters. The van der Waals surface area contributed by atoms with Gasteiger partial charge >= 0.3 is 0 Å². The maximum Gasteiger partial charge on any atom is 0.220 e. The van der Waals surface area contributed by atoms with Gasteiger partial charge in [0, 0.05) is 11.9 Å². The highest BCUT2D eigenvalue weighted by Gasteiger charge is 2.33. The van der Waals surface area contributed by atoms with Crippen molar-refractivity contribution in [3.8, 4) is 0 Å². The van der Waals surface area contributed by atoms with Gasteiger partial charge in [-0.3, -0.25) is 9.59 Å². The van der Waals surface area contributed by atoms with E-state index in [4.69, 9.17) is 0 Å². The molecule has 0 unspecified atom stereocenters. The summed E-state index contributed by atoms with van der Waals surface area (Å²) in [5.74, 6) is -0.511. The third-order valence-electron chi connectivity index (χ3n) is 3.81. The minimum Gasteiger partial charge on any atom is -0.351 e. The molecule has 0 bridgehead atoms. The molecule has 0 radical (unpaired) electrons. The Morgan fingerprint density at radius 2 is 1.87 bits per heavy atom. The second-order valence-corrected chi connectivity index (χ2v) is 6.09. The summed E-state index contributed by atoms with van der Waals surface area (Å²) in [6.07, 6.45) is 4.44. The fraction of sp³-hybridized carbons (Fsp3) is 0.176. The Kier molecular flexibility index (Phi) is 4.00. The van der Waals surface area contributed by atoms with Crippen LogP contribution in [0.15, 0.2) is 41.3 Å². The highest BCUT2D eigenvalue weighted by atomic mass is 32.2. The lowest BCUT2D eigenvalue weighted by atomic mass is 9.98. The number of allylic oxidation sites excluding steroid dienone is 2. The molecular formula is C17H15N3O2S. The fourth-order valence-corrected chi connectivity index (χ4v) is 3.04. The van der Waals surface area contributed by atoms with E-state index in [1.807, 2.05) is 32.0 Å². The topological polar surface area (TPSA) is 72.0 Å². The van der Waals surface area contributed by atoms with Crippen LogP contribution in [0.3, 0.4) is 0 Å². The number of anilines is 1. The maximum atomic E-state index is 12.7. The van der Waals surface area contributed by atoms with Gasteiger partial charge in [-0.25, -0.2) is 9.97 Å². The molecule has 0 saturated heterocycles. The molecule has 2 aromatic rings. The molecule has 1 aromatic heterocycles. The first kappa shape index (κ1) is 15.4. The molecule has 0 fully saturated rings. The van der Waals surface area contributed by atoms with Gasteiger partial charge < -0.3 is 5.32 Å². The summed E-state index contributed by atoms with van der Waals surface area (Å²) < 4.78 is 0. The van der Waals surface area contributed by atoms with E-state index in [0.717, 1.165) is 11.3 Å². The van der Waals surface area contributed by atoms with Crippen molar-refractivity contribution in [2.24, 2.45) is 0 Å². The predicted molar refractivity (Wildman–Crippen MR) is 90.8 cm³/mol. The van der Waals surface area contributed by atoms with Crippen LogP contribution in [0.4, 0.5) is 5.69 Å². The molecule has 1 aromatic carbocycles. The van der Waals surface area contributed by atoms with Crippen LogP contribution < -0.4 is 5.32 Å². The van der Waals surface area contributed by atoms with Gasteiger partial charge in [-0.15, -0.1) is 11.8 Å². The normalized spacial score (nSPS) is 14.0. The van der Waals surface area contributed by atoms with Crippen molar-refractivity contribution in [1.29, 1.82) is 0 Å². The highest BCUT2D eigenvalue weighted by Crippen LogP contribution is 2.31. The summed E-state index contributed by atoms with van der Waals surface area (Å²) in [4.78, 5) is 33.5. The number of hydrogen-bond acceptors (Lipinski definition) is 6. The summed E-state index contributed by atoms with van der Waals surface area (Å²) in [5.41, 5.74) is 3.74. The largest absolute Gasteiger partial charge is 0.351 e. The van der Waals surface area contributed by atoms with Crippen molar-refractivity contribution in [3.63, 3.8) is 0 Å². The van der Waals surface area contributed by atoms with Crippen molar-refractivity contribution in [2.45, 2.75) is 13.8 Å². The van der Waals surface area contributed by atoms with Crippen LogP contribution in [0, 0.1) is 13.8 Å². The van der Waals surface area contributed by atoms with Gasteiger partial charge in [0.25, 0.3) is 0 Å². The smallest absolute Gasteiger partial charge is 0.220 e. The quantitative estimate of drug-likeness (QED) is 0.934. The average Bonchev–Trinajstić information content (AvgIpc) is 2.56. The number of rotatable bonds is 3. The Morgan fingerprint density at radius 3 is 2.57 bits per heavy atom. The molecule has 23 heavy (non-hydrogen) atoms. The van der Waals surface area contributed by atoms with Crippen molar-refractivity contribution in [3.05, 3.63) is 63.7 Å². The van der Waals surface area contributed by atoms with E-state index in [9.17, 15) is 9.59 Å². The molecule has 0 spiro atoms. The molecule has 1 N–H and O–H groups in total. The van der Waals surface area contributed by atoms with Gasteiger partial charge in [0.15, 0.2) is 0 Å². The van der Waals surface area contributed by atoms with E-state index < -0.39 is 0 Å². The summed E-state index contributed by atoms with van der Waals surface area (Å²) in [6.45, 7) is 4.02. The predicted octanol–water partition coefficient (Wildman–Crippen LogP) is 3.16. The Balaban J connectivity index is 2.07. The van der Waals surface area contributed by atoms with Gasteiger partial charge in [0.1, 0.15) is 17.7 Å². The number of Topliss-reactive ketones (excluding diaryl/α,β-unsaturated/α-hetero) is 2. The third-order valence-corrected chi connectivity index (χ3v) is 4.61. The van der Waals surface area contributed by atoms with Crippen LogP contribution in [-0.4, -0.2) is 27.8 Å². The van der Waals surface area contributed by atoms with E-state index in [0.29, 0.717) is 4.91 Å². The number of thioether (sulfide) groups is 1. The number of carbonyl (C=O) groups excluding carboxylic acids is 2.